The molecule has 2 N–H and O–H groups in total. The lowest BCUT2D eigenvalue weighted by Crippen LogP contribution is -2.42. The van der Waals surface area contributed by atoms with Gasteiger partial charge in [0.05, 0.1) is 13.0 Å². The van der Waals surface area contributed by atoms with Crippen molar-refractivity contribution in [2.75, 3.05) is 20.7 Å². The van der Waals surface area contributed by atoms with Gasteiger partial charge in [-0.3, -0.25) is 9.59 Å². The van der Waals surface area contributed by atoms with Gasteiger partial charge < -0.3 is 15.4 Å². The van der Waals surface area contributed by atoms with E-state index in [-0.39, 0.29) is 24.4 Å². The Morgan fingerprint density at radius 3 is 2.60 bits per heavy atom. The van der Waals surface area contributed by atoms with Gasteiger partial charge in [-0.15, -0.1) is 0 Å². The average molecular weight is 214 g/mol. The number of rotatable bonds is 3. The third kappa shape index (κ3) is 2.92. The van der Waals surface area contributed by atoms with Gasteiger partial charge in [0.15, 0.2) is 0 Å². The monoisotopic (exact) mass is 214 g/mol. The Balaban J connectivity index is 2.48. The Labute approximate surface area is 89.6 Å². The van der Waals surface area contributed by atoms with Gasteiger partial charge in [-0.1, -0.05) is 6.42 Å². The first-order valence-electron chi connectivity index (χ1n) is 5.13. The number of amides is 1. The van der Waals surface area contributed by atoms with Crippen LogP contribution in [0.4, 0.5) is 0 Å². The van der Waals surface area contributed by atoms with Crippen molar-refractivity contribution < 1.29 is 14.3 Å². The number of nitrogens with zero attached hydrogens (tertiary/aromatic N) is 1. The van der Waals surface area contributed by atoms with Crippen molar-refractivity contribution in [3.8, 4) is 0 Å². The van der Waals surface area contributed by atoms with E-state index in [0.717, 1.165) is 19.3 Å². The first-order chi connectivity index (χ1) is 7.06. The maximum absolute atomic E-state index is 11.8. The number of ether oxygens (including phenoxy) is 1. The molecular formula is C10H18N2O3. The minimum absolute atomic E-state index is 0.00144. The van der Waals surface area contributed by atoms with Crippen LogP contribution in [-0.2, 0) is 14.3 Å². The molecular weight excluding hydrogens is 196 g/mol. The number of methoxy groups -OCH3 is 1. The SMILES string of the molecule is COC(=O)CN(C)C(=O)C1CCCC1N. The lowest BCUT2D eigenvalue weighted by atomic mass is 10.0. The summed E-state index contributed by atoms with van der Waals surface area (Å²) >= 11 is 0. The van der Waals surface area contributed by atoms with Gasteiger partial charge in [0, 0.05) is 13.1 Å². The molecule has 1 saturated carbocycles. The molecule has 0 aromatic carbocycles. The van der Waals surface area contributed by atoms with E-state index in [1.54, 1.807) is 7.05 Å². The maximum atomic E-state index is 11.8. The summed E-state index contributed by atoms with van der Waals surface area (Å²) in [4.78, 5) is 24.2. The Morgan fingerprint density at radius 2 is 2.13 bits per heavy atom. The molecule has 0 bridgehead atoms. The van der Waals surface area contributed by atoms with E-state index in [0.29, 0.717) is 0 Å². The van der Waals surface area contributed by atoms with Gasteiger partial charge in [-0.05, 0) is 12.8 Å². The molecule has 0 radical (unpaired) electrons. The highest BCUT2D eigenvalue weighted by atomic mass is 16.5. The van der Waals surface area contributed by atoms with Gasteiger partial charge in [-0.2, -0.15) is 0 Å². The average Bonchev–Trinajstić information content (AvgIpc) is 2.63. The van der Waals surface area contributed by atoms with Crippen LogP contribution in [0.3, 0.4) is 0 Å². The molecule has 86 valence electrons. The van der Waals surface area contributed by atoms with Crippen molar-refractivity contribution in [3.63, 3.8) is 0 Å². The summed E-state index contributed by atoms with van der Waals surface area (Å²) in [5.41, 5.74) is 5.82. The summed E-state index contributed by atoms with van der Waals surface area (Å²) in [7, 11) is 2.91. The minimum Gasteiger partial charge on any atom is -0.468 e. The molecule has 1 aliphatic carbocycles. The highest BCUT2D eigenvalue weighted by molar-refractivity contribution is 5.84. The summed E-state index contributed by atoms with van der Waals surface area (Å²) in [6.07, 6.45) is 2.71. The van der Waals surface area contributed by atoms with Crippen LogP contribution in [0.15, 0.2) is 0 Å². The van der Waals surface area contributed by atoms with Gasteiger partial charge >= 0.3 is 5.97 Å². The number of hydrogen-bond donors (Lipinski definition) is 1. The van der Waals surface area contributed by atoms with E-state index >= 15 is 0 Å². The van der Waals surface area contributed by atoms with E-state index in [9.17, 15) is 9.59 Å². The Kier molecular flexibility index (Phi) is 4.08. The highest BCUT2D eigenvalue weighted by Gasteiger charge is 2.32. The van der Waals surface area contributed by atoms with Gasteiger partial charge in [0.1, 0.15) is 6.54 Å². The topological polar surface area (TPSA) is 72.6 Å². The molecule has 5 nitrogen and oxygen atoms in total. The molecule has 1 amide bonds. The zero-order valence-corrected chi connectivity index (χ0v) is 9.23. The predicted molar refractivity (Wildman–Crippen MR) is 55.0 cm³/mol. The summed E-state index contributed by atoms with van der Waals surface area (Å²) in [5.74, 6) is -0.581. The fraction of sp³-hybridized carbons (Fsp3) is 0.800. The number of likely N-dealkylation sites (N-methyl/N-ethyl adjacent to an activating group) is 1. The Morgan fingerprint density at radius 1 is 1.47 bits per heavy atom. The van der Waals surface area contributed by atoms with Crippen LogP contribution in [0.2, 0.25) is 0 Å². The molecule has 1 fully saturated rings. The van der Waals surface area contributed by atoms with Crippen molar-refractivity contribution in [3.05, 3.63) is 0 Å². The number of nitrogens with two attached hydrogens (primary N) is 1. The molecule has 0 heterocycles. The van der Waals surface area contributed by atoms with Gasteiger partial charge in [0.2, 0.25) is 5.91 Å². The van der Waals surface area contributed by atoms with Gasteiger partial charge in [0.25, 0.3) is 0 Å². The predicted octanol–water partition coefficient (Wildman–Crippen LogP) is -0.255. The lowest BCUT2D eigenvalue weighted by molar-refractivity contribution is -0.147. The van der Waals surface area contributed by atoms with Crippen molar-refractivity contribution >= 4 is 11.9 Å². The Hall–Kier alpha value is -1.10. The molecule has 1 rings (SSSR count). The lowest BCUT2D eigenvalue weighted by Gasteiger charge is -2.22. The first kappa shape index (κ1) is 12.0. The van der Waals surface area contributed by atoms with E-state index in [2.05, 4.69) is 4.74 Å². The highest BCUT2D eigenvalue weighted by Crippen LogP contribution is 2.25. The van der Waals surface area contributed by atoms with Crippen molar-refractivity contribution in [1.29, 1.82) is 0 Å². The standard InChI is InChI=1S/C10H18N2O3/c1-12(6-9(13)15-2)10(14)7-4-3-5-8(7)11/h7-8H,3-6,11H2,1-2H3. The van der Waals surface area contributed by atoms with Crippen molar-refractivity contribution in [2.45, 2.75) is 25.3 Å². The number of carbonyl (C=O) groups excluding carboxylic acids is 2. The number of esters is 1. The van der Waals surface area contributed by atoms with Crippen molar-refractivity contribution in [2.24, 2.45) is 11.7 Å². The number of carbonyl (C=O) groups is 2. The molecule has 0 saturated heterocycles. The van der Waals surface area contributed by atoms with Crippen molar-refractivity contribution in [1.82, 2.24) is 4.90 Å². The maximum Gasteiger partial charge on any atom is 0.325 e. The summed E-state index contributed by atoms with van der Waals surface area (Å²) in [6, 6.07) is -0.0578. The smallest absolute Gasteiger partial charge is 0.325 e. The molecule has 2 atom stereocenters. The molecule has 0 aliphatic heterocycles. The van der Waals surface area contributed by atoms with E-state index in [1.807, 2.05) is 0 Å². The summed E-state index contributed by atoms with van der Waals surface area (Å²) < 4.78 is 4.50. The zero-order valence-electron chi connectivity index (χ0n) is 9.23. The minimum atomic E-state index is -0.405. The fourth-order valence-corrected chi connectivity index (χ4v) is 1.91. The third-order valence-electron chi connectivity index (χ3n) is 2.86. The first-order valence-corrected chi connectivity index (χ1v) is 5.13. The molecule has 0 aromatic rings. The van der Waals surface area contributed by atoms with Crippen LogP contribution >= 0.6 is 0 Å². The largest absolute Gasteiger partial charge is 0.468 e. The third-order valence-corrected chi connectivity index (χ3v) is 2.86. The normalized spacial score (nSPS) is 25.0. The molecule has 0 aromatic heterocycles. The Bertz CT molecular complexity index is 255. The zero-order chi connectivity index (χ0) is 11.4. The van der Waals surface area contributed by atoms with Crippen LogP contribution < -0.4 is 5.73 Å². The van der Waals surface area contributed by atoms with Gasteiger partial charge in [-0.25, -0.2) is 0 Å². The van der Waals surface area contributed by atoms with Crippen LogP contribution in [0, 0.1) is 5.92 Å². The fourth-order valence-electron chi connectivity index (χ4n) is 1.91. The van der Waals surface area contributed by atoms with E-state index < -0.39 is 5.97 Å². The quantitative estimate of drug-likeness (QED) is 0.657. The van der Waals surface area contributed by atoms with E-state index in [4.69, 9.17) is 5.73 Å². The molecule has 5 heteroatoms. The molecule has 1 aliphatic rings. The second kappa shape index (κ2) is 5.11. The molecule has 15 heavy (non-hydrogen) atoms. The van der Waals surface area contributed by atoms with E-state index in [1.165, 1.54) is 12.0 Å². The van der Waals surface area contributed by atoms with Crippen LogP contribution in [0.5, 0.6) is 0 Å². The summed E-state index contributed by atoms with van der Waals surface area (Å²) in [5, 5.41) is 0. The van der Waals surface area contributed by atoms with Crippen LogP contribution in [0.1, 0.15) is 19.3 Å². The molecule has 2 unspecified atom stereocenters. The van der Waals surface area contributed by atoms with Crippen LogP contribution in [0.25, 0.3) is 0 Å². The summed E-state index contributed by atoms with van der Waals surface area (Å²) in [6.45, 7) is -0.00144. The number of hydrogen-bond acceptors (Lipinski definition) is 4. The molecule has 0 spiro atoms. The van der Waals surface area contributed by atoms with Crippen LogP contribution in [-0.4, -0.2) is 43.5 Å². The second-order valence-corrected chi connectivity index (χ2v) is 3.97. The second-order valence-electron chi connectivity index (χ2n) is 3.97.